The van der Waals surface area contributed by atoms with Gasteiger partial charge in [-0.15, -0.1) is 0 Å². The predicted octanol–water partition coefficient (Wildman–Crippen LogP) is 3.68. The van der Waals surface area contributed by atoms with Crippen molar-refractivity contribution in [1.82, 2.24) is 4.90 Å². The van der Waals surface area contributed by atoms with Gasteiger partial charge in [-0.1, -0.05) is 30.3 Å². The summed E-state index contributed by atoms with van der Waals surface area (Å²) in [4.78, 5) is 14.4. The normalized spacial score (nSPS) is 24.0. The molecule has 0 spiro atoms. The van der Waals surface area contributed by atoms with Crippen molar-refractivity contribution in [3.05, 3.63) is 35.9 Å². The summed E-state index contributed by atoms with van der Waals surface area (Å²) in [6.07, 6.45) is 1.65. The molecule has 22 heavy (non-hydrogen) atoms. The summed E-state index contributed by atoms with van der Waals surface area (Å²) >= 11 is 0. The molecule has 1 heterocycles. The molecule has 1 amide bonds. The van der Waals surface area contributed by atoms with E-state index >= 15 is 0 Å². The molecule has 0 radical (unpaired) electrons. The lowest BCUT2D eigenvalue weighted by Crippen LogP contribution is -2.58. The Morgan fingerprint density at radius 2 is 1.91 bits per heavy atom. The van der Waals surface area contributed by atoms with E-state index in [-0.39, 0.29) is 6.09 Å². The molecule has 1 aromatic carbocycles. The molecule has 1 aromatic rings. The topological polar surface area (TPSA) is 49.8 Å². The van der Waals surface area contributed by atoms with Crippen molar-refractivity contribution in [3.8, 4) is 0 Å². The Kier molecular flexibility index (Phi) is 4.81. The van der Waals surface area contributed by atoms with E-state index in [1.807, 2.05) is 51.1 Å². The first-order valence-corrected chi connectivity index (χ1v) is 8.01. The zero-order chi connectivity index (χ0) is 16.4. The van der Waals surface area contributed by atoms with Crippen LogP contribution in [-0.2, 0) is 10.3 Å². The maximum Gasteiger partial charge on any atom is 0.411 e. The molecule has 0 aliphatic carbocycles. The van der Waals surface area contributed by atoms with E-state index in [2.05, 4.69) is 0 Å². The molecule has 122 valence electrons. The number of amides is 1. The molecule has 1 fully saturated rings. The number of carbonyl (C=O) groups is 1. The molecule has 1 aliphatic heterocycles. The highest BCUT2D eigenvalue weighted by atomic mass is 16.6. The molecule has 0 saturated carbocycles. The first kappa shape index (κ1) is 16.8. The van der Waals surface area contributed by atoms with E-state index in [1.165, 1.54) is 0 Å². The van der Waals surface area contributed by atoms with Gasteiger partial charge in [0.15, 0.2) is 0 Å². The van der Waals surface area contributed by atoms with Crippen LogP contribution in [0.1, 0.15) is 52.5 Å². The third kappa shape index (κ3) is 3.27. The molecule has 4 heteroatoms. The summed E-state index contributed by atoms with van der Waals surface area (Å²) < 4.78 is 5.58. The number of hydrogen-bond acceptors (Lipinski definition) is 3. The smallest absolute Gasteiger partial charge is 0.411 e. The van der Waals surface area contributed by atoms with E-state index in [4.69, 9.17) is 4.74 Å². The highest BCUT2D eigenvalue weighted by Crippen LogP contribution is 2.41. The van der Waals surface area contributed by atoms with E-state index < -0.39 is 17.2 Å². The third-order valence-corrected chi connectivity index (χ3v) is 4.25. The standard InChI is InChI=1S/C18H27NO3/c1-14(20)18(15-10-6-5-7-11-15)12-8-9-13-19(18)16(21)22-17(2,3)4/h5-7,10-11,14,20H,8-9,12-13H2,1-4H3. The number of piperidine rings is 1. The summed E-state index contributed by atoms with van der Waals surface area (Å²) in [6.45, 7) is 7.95. The van der Waals surface area contributed by atoms with Gasteiger partial charge in [0.1, 0.15) is 5.60 Å². The predicted molar refractivity (Wildman–Crippen MR) is 86.6 cm³/mol. The first-order chi connectivity index (χ1) is 10.3. The molecular formula is C18H27NO3. The van der Waals surface area contributed by atoms with Gasteiger partial charge in [-0.2, -0.15) is 0 Å². The second-order valence-electron chi connectivity index (χ2n) is 7.06. The number of carbonyl (C=O) groups excluding carboxylic acids is 1. The Morgan fingerprint density at radius 1 is 1.27 bits per heavy atom. The van der Waals surface area contributed by atoms with Gasteiger partial charge < -0.3 is 9.84 Å². The Labute approximate surface area is 133 Å². The number of nitrogens with zero attached hydrogens (tertiary/aromatic N) is 1. The van der Waals surface area contributed by atoms with Crippen LogP contribution >= 0.6 is 0 Å². The van der Waals surface area contributed by atoms with Crippen LogP contribution in [0.15, 0.2) is 30.3 Å². The van der Waals surface area contributed by atoms with Gasteiger partial charge in [-0.3, -0.25) is 4.90 Å². The van der Waals surface area contributed by atoms with Gasteiger partial charge in [0.25, 0.3) is 0 Å². The summed E-state index contributed by atoms with van der Waals surface area (Å²) in [5, 5.41) is 10.5. The van der Waals surface area contributed by atoms with Crippen LogP contribution in [0.2, 0.25) is 0 Å². The lowest BCUT2D eigenvalue weighted by atomic mass is 9.77. The minimum Gasteiger partial charge on any atom is -0.444 e. The summed E-state index contributed by atoms with van der Waals surface area (Å²) in [7, 11) is 0. The second kappa shape index (κ2) is 6.29. The number of ether oxygens (including phenoxy) is 1. The maximum atomic E-state index is 12.7. The molecule has 4 nitrogen and oxygen atoms in total. The van der Waals surface area contributed by atoms with Crippen molar-refractivity contribution in [3.63, 3.8) is 0 Å². The van der Waals surface area contributed by atoms with Crippen molar-refractivity contribution in [2.24, 2.45) is 0 Å². The number of aliphatic hydroxyl groups is 1. The first-order valence-electron chi connectivity index (χ1n) is 8.01. The average molecular weight is 305 g/mol. The van der Waals surface area contributed by atoms with Gasteiger partial charge in [0, 0.05) is 6.54 Å². The zero-order valence-electron chi connectivity index (χ0n) is 14.0. The lowest BCUT2D eigenvalue weighted by molar-refractivity contribution is -0.0645. The van der Waals surface area contributed by atoms with Crippen LogP contribution < -0.4 is 0 Å². The Morgan fingerprint density at radius 3 is 2.45 bits per heavy atom. The van der Waals surface area contributed by atoms with Crippen LogP contribution in [-0.4, -0.2) is 34.3 Å². The highest BCUT2D eigenvalue weighted by molar-refractivity contribution is 5.70. The van der Waals surface area contributed by atoms with E-state index in [0.717, 1.165) is 24.8 Å². The van der Waals surface area contributed by atoms with Crippen LogP contribution in [0, 0.1) is 0 Å². The Bertz CT molecular complexity index is 507. The van der Waals surface area contributed by atoms with Gasteiger partial charge >= 0.3 is 6.09 Å². The Balaban J connectivity index is 2.42. The maximum absolute atomic E-state index is 12.7. The molecule has 2 rings (SSSR count). The van der Waals surface area contributed by atoms with Gasteiger partial charge in [0.2, 0.25) is 0 Å². The van der Waals surface area contributed by atoms with E-state index in [0.29, 0.717) is 6.54 Å². The van der Waals surface area contributed by atoms with Gasteiger partial charge in [-0.05, 0) is 52.5 Å². The molecule has 0 bridgehead atoms. The Hall–Kier alpha value is -1.55. The largest absolute Gasteiger partial charge is 0.444 e. The minimum absolute atomic E-state index is 0.350. The van der Waals surface area contributed by atoms with Crippen molar-refractivity contribution in [1.29, 1.82) is 0 Å². The van der Waals surface area contributed by atoms with Crippen molar-refractivity contribution in [2.45, 2.75) is 64.2 Å². The molecule has 1 aliphatic rings. The van der Waals surface area contributed by atoms with E-state index in [9.17, 15) is 9.90 Å². The lowest BCUT2D eigenvalue weighted by Gasteiger charge is -2.49. The number of benzene rings is 1. The quantitative estimate of drug-likeness (QED) is 0.906. The van der Waals surface area contributed by atoms with Crippen molar-refractivity contribution < 1.29 is 14.6 Å². The monoisotopic (exact) mass is 305 g/mol. The zero-order valence-corrected chi connectivity index (χ0v) is 14.0. The fourth-order valence-corrected chi connectivity index (χ4v) is 3.27. The van der Waals surface area contributed by atoms with Crippen LogP contribution in [0.5, 0.6) is 0 Å². The van der Waals surface area contributed by atoms with Gasteiger partial charge in [0.05, 0.1) is 11.6 Å². The van der Waals surface area contributed by atoms with Crippen LogP contribution in [0.25, 0.3) is 0 Å². The number of aliphatic hydroxyl groups excluding tert-OH is 1. The number of likely N-dealkylation sites (tertiary alicyclic amines) is 1. The van der Waals surface area contributed by atoms with Crippen molar-refractivity contribution >= 4 is 6.09 Å². The fraction of sp³-hybridized carbons (Fsp3) is 0.611. The van der Waals surface area contributed by atoms with Crippen LogP contribution in [0.3, 0.4) is 0 Å². The molecule has 0 aromatic heterocycles. The molecule has 1 N–H and O–H groups in total. The van der Waals surface area contributed by atoms with Crippen molar-refractivity contribution in [2.75, 3.05) is 6.54 Å². The van der Waals surface area contributed by atoms with Crippen LogP contribution in [0.4, 0.5) is 4.79 Å². The van der Waals surface area contributed by atoms with Gasteiger partial charge in [-0.25, -0.2) is 4.79 Å². The molecular weight excluding hydrogens is 278 g/mol. The second-order valence-corrected chi connectivity index (χ2v) is 7.06. The summed E-state index contributed by atoms with van der Waals surface area (Å²) in [6, 6.07) is 9.80. The summed E-state index contributed by atoms with van der Waals surface area (Å²) in [5.74, 6) is 0. The number of rotatable bonds is 2. The average Bonchev–Trinajstić information content (AvgIpc) is 2.46. The number of hydrogen-bond donors (Lipinski definition) is 1. The molecule has 1 saturated heterocycles. The fourth-order valence-electron chi connectivity index (χ4n) is 3.27. The molecule has 2 atom stereocenters. The SMILES string of the molecule is CC(O)C1(c2ccccc2)CCCCN1C(=O)OC(C)(C)C. The summed E-state index contributed by atoms with van der Waals surface area (Å²) in [5.41, 5.74) is -0.284. The third-order valence-electron chi connectivity index (χ3n) is 4.25. The highest BCUT2D eigenvalue weighted by Gasteiger charge is 2.48. The minimum atomic E-state index is -0.707. The van der Waals surface area contributed by atoms with E-state index in [1.54, 1.807) is 11.8 Å². The molecule has 2 unspecified atom stereocenters.